The van der Waals surface area contributed by atoms with E-state index in [0.29, 0.717) is 29.3 Å². The summed E-state index contributed by atoms with van der Waals surface area (Å²) in [7, 11) is 4.84. The molecule has 1 aromatic carbocycles. The first kappa shape index (κ1) is 13.8. The van der Waals surface area contributed by atoms with Crippen molar-refractivity contribution in [1.29, 1.82) is 0 Å². The molecule has 1 saturated carbocycles. The molecule has 0 radical (unpaired) electrons. The average Bonchev–Trinajstić information content (AvgIpc) is 2.82. The lowest BCUT2D eigenvalue weighted by molar-refractivity contribution is 0.324. The van der Waals surface area contributed by atoms with Crippen LogP contribution in [-0.2, 0) is 0 Å². The fourth-order valence-electron chi connectivity index (χ4n) is 2.55. The molecule has 1 aliphatic rings. The molecule has 2 rings (SSSR count). The number of nitrogens with two attached hydrogens (primary N) is 1. The van der Waals surface area contributed by atoms with Gasteiger partial charge in [0.15, 0.2) is 11.5 Å². The van der Waals surface area contributed by atoms with Gasteiger partial charge in [-0.2, -0.15) is 0 Å². The van der Waals surface area contributed by atoms with E-state index >= 15 is 0 Å². The van der Waals surface area contributed by atoms with Crippen LogP contribution in [0, 0.1) is 0 Å². The van der Waals surface area contributed by atoms with Gasteiger partial charge in [0.05, 0.1) is 21.3 Å². The summed E-state index contributed by atoms with van der Waals surface area (Å²) in [5, 5.41) is 3.48. The molecule has 0 heterocycles. The molecular formula is C14H22N2O3. The second kappa shape index (κ2) is 6.02. The molecule has 2 unspecified atom stereocenters. The number of ether oxygens (including phenoxy) is 3. The number of methoxy groups -OCH3 is 3. The first-order valence-corrected chi connectivity index (χ1v) is 6.50. The zero-order chi connectivity index (χ0) is 13.8. The van der Waals surface area contributed by atoms with Gasteiger partial charge in [-0.05, 0) is 19.3 Å². The molecule has 0 aromatic heterocycles. The van der Waals surface area contributed by atoms with E-state index in [9.17, 15) is 0 Å². The van der Waals surface area contributed by atoms with Crippen molar-refractivity contribution in [1.82, 2.24) is 0 Å². The van der Waals surface area contributed by atoms with E-state index in [4.69, 9.17) is 19.9 Å². The Kier molecular flexibility index (Phi) is 4.37. The first-order chi connectivity index (χ1) is 9.17. The summed E-state index contributed by atoms with van der Waals surface area (Å²) >= 11 is 0. The van der Waals surface area contributed by atoms with Crippen molar-refractivity contribution in [2.45, 2.75) is 31.3 Å². The number of anilines is 1. The zero-order valence-corrected chi connectivity index (χ0v) is 11.7. The molecular weight excluding hydrogens is 244 g/mol. The molecule has 0 amide bonds. The second-order valence-corrected chi connectivity index (χ2v) is 4.83. The number of nitrogens with one attached hydrogen (secondary N) is 1. The Balaban J connectivity index is 2.21. The summed E-state index contributed by atoms with van der Waals surface area (Å²) in [6, 6.07) is 4.56. The lowest BCUT2D eigenvalue weighted by atomic mass is 10.2. The van der Waals surface area contributed by atoms with E-state index in [1.54, 1.807) is 21.3 Å². The maximum absolute atomic E-state index is 5.93. The van der Waals surface area contributed by atoms with Gasteiger partial charge in [0.25, 0.3) is 0 Å². The Bertz CT molecular complexity index is 412. The smallest absolute Gasteiger partial charge is 0.203 e. The van der Waals surface area contributed by atoms with Crippen molar-refractivity contribution < 1.29 is 14.2 Å². The molecule has 0 bridgehead atoms. The van der Waals surface area contributed by atoms with Crippen molar-refractivity contribution in [2.75, 3.05) is 26.6 Å². The van der Waals surface area contributed by atoms with Gasteiger partial charge in [0, 0.05) is 29.9 Å². The first-order valence-electron chi connectivity index (χ1n) is 6.50. The fraction of sp³-hybridized carbons (Fsp3) is 0.571. The summed E-state index contributed by atoms with van der Waals surface area (Å²) < 4.78 is 16.0. The molecule has 0 saturated heterocycles. The maximum Gasteiger partial charge on any atom is 0.203 e. The van der Waals surface area contributed by atoms with E-state index < -0.39 is 0 Å². The van der Waals surface area contributed by atoms with E-state index in [2.05, 4.69) is 5.32 Å². The van der Waals surface area contributed by atoms with Gasteiger partial charge >= 0.3 is 0 Å². The van der Waals surface area contributed by atoms with Gasteiger partial charge < -0.3 is 25.3 Å². The van der Waals surface area contributed by atoms with Gasteiger partial charge in [0.1, 0.15) is 0 Å². The minimum atomic E-state index is 0.305. The van der Waals surface area contributed by atoms with Gasteiger partial charge in [-0.25, -0.2) is 0 Å². The molecule has 1 aliphatic carbocycles. The highest BCUT2D eigenvalue weighted by molar-refractivity contribution is 5.62. The van der Waals surface area contributed by atoms with Crippen LogP contribution in [0.1, 0.15) is 19.3 Å². The minimum absolute atomic E-state index is 0.305. The highest BCUT2D eigenvalue weighted by atomic mass is 16.5. The van der Waals surface area contributed by atoms with E-state index in [1.807, 2.05) is 12.1 Å². The van der Waals surface area contributed by atoms with E-state index in [1.165, 1.54) is 0 Å². The Morgan fingerprint density at radius 2 is 1.68 bits per heavy atom. The summed E-state index contributed by atoms with van der Waals surface area (Å²) in [6.45, 7) is 0. The Hall–Kier alpha value is -1.62. The lowest BCUT2D eigenvalue weighted by Gasteiger charge is -2.18. The fourth-order valence-corrected chi connectivity index (χ4v) is 2.55. The lowest BCUT2D eigenvalue weighted by Crippen LogP contribution is -2.20. The second-order valence-electron chi connectivity index (χ2n) is 4.83. The molecule has 106 valence electrons. The monoisotopic (exact) mass is 266 g/mol. The third-order valence-electron chi connectivity index (χ3n) is 3.51. The SMILES string of the molecule is COc1cc(NC2CCC(N)C2)cc(OC)c1OC. The number of benzene rings is 1. The number of hydrogen-bond donors (Lipinski definition) is 2. The number of hydrogen-bond acceptors (Lipinski definition) is 5. The predicted octanol–water partition coefficient (Wildman–Crippen LogP) is 2.00. The van der Waals surface area contributed by atoms with Crippen LogP contribution in [0.4, 0.5) is 5.69 Å². The van der Waals surface area contributed by atoms with Crippen molar-refractivity contribution in [3.05, 3.63) is 12.1 Å². The molecule has 5 nitrogen and oxygen atoms in total. The van der Waals surface area contributed by atoms with Crippen molar-refractivity contribution in [3.63, 3.8) is 0 Å². The molecule has 0 aliphatic heterocycles. The molecule has 0 spiro atoms. The van der Waals surface area contributed by atoms with Gasteiger partial charge in [-0.15, -0.1) is 0 Å². The summed E-state index contributed by atoms with van der Waals surface area (Å²) in [5.74, 6) is 1.93. The zero-order valence-electron chi connectivity index (χ0n) is 11.7. The summed E-state index contributed by atoms with van der Waals surface area (Å²) in [4.78, 5) is 0. The Morgan fingerprint density at radius 1 is 1.05 bits per heavy atom. The van der Waals surface area contributed by atoms with Crippen molar-refractivity contribution in [2.24, 2.45) is 5.73 Å². The van der Waals surface area contributed by atoms with Crippen molar-refractivity contribution >= 4 is 5.69 Å². The van der Waals surface area contributed by atoms with E-state index in [-0.39, 0.29) is 0 Å². The van der Waals surface area contributed by atoms with E-state index in [0.717, 1.165) is 24.9 Å². The van der Waals surface area contributed by atoms with Gasteiger partial charge in [-0.3, -0.25) is 0 Å². The normalized spacial score (nSPS) is 22.1. The number of rotatable bonds is 5. The third kappa shape index (κ3) is 3.04. The third-order valence-corrected chi connectivity index (χ3v) is 3.51. The van der Waals surface area contributed by atoms with Crippen LogP contribution in [0.3, 0.4) is 0 Å². The maximum atomic E-state index is 5.93. The van der Waals surface area contributed by atoms with Crippen LogP contribution in [0.2, 0.25) is 0 Å². The topological polar surface area (TPSA) is 65.7 Å². The molecule has 5 heteroatoms. The Morgan fingerprint density at radius 3 is 2.11 bits per heavy atom. The molecule has 1 fully saturated rings. The Labute approximate surface area is 114 Å². The highest BCUT2D eigenvalue weighted by Gasteiger charge is 2.22. The van der Waals surface area contributed by atoms with Crippen LogP contribution >= 0.6 is 0 Å². The standard InChI is InChI=1S/C14H22N2O3/c1-17-12-7-11(8-13(18-2)14(12)19-3)16-10-5-4-9(15)6-10/h7-10,16H,4-6,15H2,1-3H3. The highest BCUT2D eigenvalue weighted by Crippen LogP contribution is 2.40. The molecule has 1 aromatic rings. The minimum Gasteiger partial charge on any atom is -0.493 e. The van der Waals surface area contributed by atoms with Gasteiger partial charge in [0.2, 0.25) is 5.75 Å². The van der Waals surface area contributed by atoms with Crippen LogP contribution in [-0.4, -0.2) is 33.4 Å². The largest absolute Gasteiger partial charge is 0.493 e. The van der Waals surface area contributed by atoms with Crippen LogP contribution in [0.15, 0.2) is 12.1 Å². The van der Waals surface area contributed by atoms with Crippen LogP contribution in [0.5, 0.6) is 17.2 Å². The summed E-state index contributed by atoms with van der Waals surface area (Å²) in [5.41, 5.74) is 6.89. The van der Waals surface area contributed by atoms with Gasteiger partial charge in [-0.1, -0.05) is 0 Å². The molecule has 2 atom stereocenters. The average molecular weight is 266 g/mol. The van der Waals surface area contributed by atoms with Crippen LogP contribution in [0.25, 0.3) is 0 Å². The predicted molar refractivity (Wildman–Crippen MR) is 75.3 cm³/mol. The molecule has 19 heavy (non-hydrogen) atoms. The van der Waals surface area contributed by atoms with Crippen molar-refractivity contribution in [3.8, 4) is 17.2 Å². The quantitative estimate of drug-likeness (QED) is 0.853. The molecule has 3 N–H and O–H groups in total. The summed E-state index contributed by atoms with van der Waals surface area (Å²) in [6.07, 6.45) is 3.16. The van der Waals surface area contributed by atoms with Crippen LogP contribution < -0.4 is 25.3 Å².